The molecular formula is C16H26N2O3. The topological polar surface area (TPSA) is 54.7 Å². The van der Waals surface area contributed by atoms with E-state index < -0.39 is 5.60 Å². The maximum absolute atomic E-state index is 12.0. The number of furan rings is 1. The van der Waals surface area contributed by atoms with E-state index in [0.29, 0.717) is 5.92 Å². The Morgan fingerprint density at radius 1 is 1.43 bits per heavy atom. The number of likely N-dealkylation sites (tertiary alicyclic amines) is 1. The molecule has 1 saturated heterocycles. The van der Waals surface area contributed by atoms with Gasteiger partial charge in [-0.25, -0.2) is 4.79 Å². The fraction of sp³-hybridized carbons (Fsp3) is 0.688. The molecule has 21 heavy (non-hydrogen) atoms. The van der Waals surface area contributed by atoms with Crippen LogP contribution in [0.4, 0.5) is 4.79 Å². The van der Waals surface area contributed by atoms with Crippen molar-refractivity contribution in [1.82, 2.24) is 10.2 Å². The van der Waals surface area contributed by atoms with Gasteiger partial charge in [-0.2, -0.15) is 0 Å². The lowest BCUT2D eigenvalue weighted by Gasteiger charge is -2.33. The Balaban J connectivity index is 1.65. The molecule has 0 bridgehead atoms. The maximum Gasteiger partial charge on any atom is 0.410 e. The molecule has 1 aliphatic rings. The first-order chi connectivity index (χ1) is 9.94. The minimum atomic E-state index is -0.417. The SMILES string of the molecule is CC(C)(C)OC(=O)N1CCC(CNCc2ccoc2)CC1. The molecule has 2 rings (SSSR count). The van der Waals surface area contributed by atoms with Gasteiger partial charge in [-0.3, -0.25) is 0 Å². The molecule has 1 amide bonds. The minimum Gasteiger partial charge on any atom is -0.472 e. The van der Waals surface area contributed by atoms with Crippen molar-refractivity contribution < 1.29 is 13.9 Å². The highest BCUT2D eigenvalue weighted by Gasteiger charge is 2.26. The lowest BCUT2D eigenvalue weighted by molar-refractivity contribution is 0.0184. The summed E-state index contributed by atoms with van der Waals surface area (Å²) in [6.45, 7) is 9.09. The molecule has 0 spiro atoms. The number of carbonyl (C=O) groups excluding carboxylic acids is 1. The van der Waals surface area contributed by atoms with Gasteiger partial charge in [0.15, 0.2) is 0 Å². The standard InChI is InChI=1S/C16H26N2O3/c1-16(2,3)21-15(19)18-7-4-13(5-8-18)10-17-11-14-6-9-20-12-14/h6,9,12-13,17H,4-5,7-8,10-11H2,1-3H3. The van der Waals surface area contributed by atoms with Gasteiger partial charge in [0, 0.05) is 25.2 Å². The molecule has 0 atom stereocenters. The van der Waals surface area contributed by atoms with E-state index >= 15 is 0 Å². The summed E-state index contributed by atoms with van der Waals surface area (Å²) >= 11 is 0. The van der Waals surface area contributed by atoms with Crippen LogP contribution in [0.25, 0.3) is 0 Å². The maximum atomic E-state index is 12.0. The van der Waals surface area contributed by atoms with Crippen LogP contribution in [0.3, 0.4) is 0 Å². The van der Waals surface area contributed by atoms with Crippen LogP contribution in [-0.4, -0.2) is 36.2 Å². The minimum absolute atomic E-state index is 0.188. The predicted molar refractivity (Wildman–Crippen MR) is 80.9 cm³/mol. The van der Waals surface area contributed by atoms with Crippen LogP contribution >= 0.6 is 0 Å². The van der Waals surface area contributed by atoms with Crippen molar-refractivity contribution in [3.8, 4) is 0 Å². The van der Waals surface area contributed by atoms with E-state index in [0.717, 1.165) is 39.0 Å². The Morgan fingerprint density at radius 2 is 2.14 bits per heavy atom. The zero-order chi connectivity index (χ0) is 15.3. The van der Waals surface area contributed by atoms with Crippen LogP contribution in [0, 0.1) is 5.92 Å². The lowest BCUT2D eigenvalue weighted by atomic mass is 9.97. The van der Waals surface area contributed by atoms with E-state index in [9.17, 15) is 4.79 Å². The zero-order valence-electron chi connectivity index (χ0n) is 13.2. The Hall–Kier alpha value is -1.49. The normalized spacial score (nSPS) is 17.0. The van der Waals surface area contributed by atoms with E-state index in [1.807, 2.05) is 31.7 Å². The lowest BCUT2D eigenvalue weighted by Crippen LogP contribution is -2.43. The smallest absolute Gasteiger partial charge is 0.410 e. The second-order valence-corrected chi connectivity index (χ2v) is 6.67. The van der Waals surface area contributed by atoms with Crippen molar-refractivity contribution in [1.29, 1.82) is 0 Å². The molecule has 1 aromatic rings. The number of amides is 1. The van der Waals surface area contributed by atoms with Crippen molar-refractivity contribution in [3.63, 3.8) is 0 Å². The van der Waals surface area contributed by atoms with Crippen LogP contribution in [0.5, 0.6) is 0 Å². The van der Waals surface area contributed by atoms with E-state index in [4.69, 9.17) is 9.15 Å². The van der Waals surface area contributed by atoms with Crippen LogP contribution < -0.4 is 5.32 Å². The Labute approximate surface area is 126 Å². The molecule has 1 fully saturated rings. The number of nitrogens with one attached hydrogen (secondary N) is 1. The molecule has 1 aromatic heterocycles. The molecule has 1 N–H and O–H groups in total. The molecule has 5 nitrogen and oxygen atoms in total. The van der Waals surface area contributed by atoms with Gasteiger partial charge in [-0.15, -0.1) is 0 Å². The first-order valence-corrected chi connectivity index (χ1v) is 7.64. The number of carbonyl (C=O) groups is 1. The first-order valence-electron chi connectivity index (χ1n) is 7.64. The summed E-state index contributed by atoms with van der Waals surface area (Å²) in [5, 5.41) is 3.45. The van der Waals surface area contributed by atoms with Crippen molar-refractivity contribution in [2.24, 2.45) is 5.92 Å². The second-order valence-electron chi connectivity index (χ2n) is 6.67. The molecular weight excluding hydrogens is 268 g/mol. The van der Waals surface area contributed by atoms with Crippen molar-refractivity contribution in [2.75, 3.05) is 19.6 Å². The third kappa shape index (κ3) is 5.42. The number of rotatable bonds is 4. The molecule has 0 aromatic carbocycles. The predicted octanol–water partition coefficient (Wildman–Crippen LogP) is 3.02. The van der Waals surface area contributed by atoms with E-state index in [1.54, 1.807) is 12.5 Å². The summed E-state index contributed by atoms with van der Waals surface area (Å²) in [5.74, 6) is 0.621. The van der Waals surface area contributed by atoms with Crippen LogP contribution in [-0.2, 0) is 11.3 Å². The van der Waals surface area contributed by atoms with Gasteiger partial charge in [0.05, 0.1) is 12.5 Å². The Kier molecular flexibility index (Phi) is 5.28. The number of hydrogen-bond donors (Lipinski definition) is 1. The van der Waals surface area contributed by atoms with Crippen molar-refractivity contribution >= 4 is 6.09 Å². The largest absolute Gasteiger partial charge is 0.472 e. The summed E-state index contributed by atoms with van der Waals surface area (Å²) in [6.07, 6.45) is 5.32. The van der Waals surface area contributed by atoms with Gasteiger partial charge in [-0.05, 0) is 52.1 Å². The van der Waals surface area contributed by atoms with Gasteiger partial charge in [0.1, 0.15) is 5.60 Å². The second kappa shape index (κ2) is 6.98. The highest BCUT2D eigenvalue weighted by molar-refractivity contribution is 5.68. The van der Waals surface area contributed by atoms with Gasteiger partial charge < -0.3 is 19.4 Å². The number of nitrogens with zero attached hydrogens (tertiary/aromatic N) is 1. The number of piperidine rings is 1. The molecule has 0 unspecified atom stereocenters. The number of hydrogen-bond acceptors (Lipinski definition) is 4. The molecule has 0 aliphatic carbocycles. The van der Waals surface area contributed by atoms with Crippen molar-refractivity contribution in [3.05, 3.63) is 24.2 Å². The first kappa shape index (κ1) is 15.9. The average Bonchev–Trinajstić information content (AvgIpc) is 2.91. The fourth-order valence-electron chi connectivity index (χ4n) is 2.46. The Bertz CT molecular complexity index is 429. The third-order valence-corrected chi connectivity index (χ3v) is 3.61. The van der Waals surface area contributed by atoms with E-state index in [2.05, 4.69) is 5.32 Å². The molecule has 118 valence electrons. The zero-order valence-corrected chi connectivity index (χ0v) is 13.2. The average molecular weight is 294 g/mol. The summed E-state index contributed by atoms with van der Waals surface area (Å²) < 4.78 is 10.4. The molecule has 5 heteroatoms. The highest BCUT2D eigenvalue weighted by Crippen LogP contribution is 2.19. The van der Waals surface area contributed by atoms with Gasteiger partial charge >= 0.3 is 6.09 Å². The molecule has 0 saturated carbocycles. The molecule has 0 radical (unpaired) electrons. The summed E-state index contributed by atoms with van der Waals surface area (Å²) in [7, 11) is 0. The van der Waals surface area contributed by atoms with Crippen molar-refractivity contribution in [2.45, 2.75) is 45.8 Å². The van der Waals surface area contributed by atoms with Gasteiger partial charge in [0.25, 0.3) is 0 Å². The van der Waals surface area contributed by atoms with Crippen LogP contribution in [0.1, 0.15) is 39.2 Å². The summed E-state index contributed by atoms with van der Waals surface area (Å²) in [6, 6.07) is 1.97. The Morgan fingerprint density at radius 3 is 2.71 bits per heavy atom. The van der Waals surface area contributed by atoms with Crippen LogP contribution in [0.2, 0.25) is 0 Å². The summed E-state index contributed by atoms with van der Waals surface area (Å²) in [4.78, 5) is 13.8. The molecule has 1 aliphatic heterocycles. The quantitative estimate of drug-likeness (QED) is 0.927. The van der Waals surface area contributed by atoms with Gasteiger partial charge in [-0.1, -0.05) is 0 Å². The van der Waals surface area contributed by atoms with E-state index in [1.165, 1.54) is 5.56 Å². The monoisotopic (exact) mass is 294 g/mol. The molecule has 2 heterocycles. The van der Waals surface area contributed by atoms with E-state index in [-0.39, 0.29) is 6.09 Å². The number of ether oxygens (including phenoxy) is 1. The van der Waals surface area contributed by atoms with Crippen LogP contribution in [0.15, 0.2) is 23.0 Å². The highest BCUT2D eigenvalue weighted by atomic mass is 16.6. The summed E-state index contributed by atoms with van der Waals surface area (Å²) in [5.41, 5.74) is 0.751. The van der Waals surface area contributed by atoms with Gasteiger partial charge in [0.2, 0.25) is 0 Å². The fourth-order valence-corrected chi connectivity index (χ4v) is 2.46. The third-order valence-electron chi connectivity index (χ3n) is 3.61.